The van der Waals surface area contributed by atoms with Crippen molar-refractivity contribution in [2.75, 3.05) is 7.05 Å². The number of aryl methyl sites for hydroxylation is 1. The molecule has 1 amide bonds. The number of benzene rings is 1. The summed E-state index contributed by atoms with van der Waals surface area (Å²) >= 11 is 0. The molecule has 0 aliphatic heterocycles. The monoisotopic (exact) mass is 332 g/mol. The topological polar surface area (TPSA) is 53.9 Å². The third-order valence-corrected chi connectivity index (χ3v) is 4.12. The molecule has 3 rings (SSSR count). The molecule has 2 heterocycles. The van der Waals surface area contributed by atoms with Gasteiger partial charge in [-0.2, -0.15) is 8.78 Å². The van der Waals surface area contributed by atoms with Gasteiger partial charge in [-0.05, 0) is 18.6 Å². The summed E-state index contributed by atoms with van der Waals surface area (Å²) in [5.41, 5.74) is 2.85. The number of para-hydroxylation sites is 1. The van der Waals surface area contributed by atoms with Gasteiger partial charge in [-0.25, -0.2) is 4.98 Å². The van der Waals surface area contributed by atoms with Gasteiger partial charge in [0.15, 0.2) is 0 Å². The Morgan fingerprint density at radius 2 is 2.12 bits per heavy atom. The van der Waals surface area contributed by atoms with Gasteiger partial charge in [0.2, 0.25) is 5.91 Å². The minimum Gasteiger partial charge on any atom is -0.358 e. The van der Waals surface area contributed by atoms with Crippen LogP contribution in [-0.4, -0.2) is 32.4 Å². The number of carbonyl (C=O) groups excluding carboxylic acids is 1. The highest BCUT2D eigenvalue weighted by Gasteiger charge is 2.18. The number of nitrogens with one attached hydrogen (secondary N) is 1. The maximum absolute atomic E-state index is 12.9. The molecule has 0 radical (unpaired) electrons. The van der Waals surface area contributed by atoms with Crippen molar-refractivity contribution in [2.24, 2.45) is 0 Å². The van der Waals surface area contributed by atoms with Crippen molar-refractivity contribution in [1.82, 2.24) is 19.4 Å². The van der Waals surface area contributed by atoms with Crippen molar-refractivity contribution in [3.05, 3.63) is 53.7 Å². The van der Waals surface area contributed by atoms with Crippen molar-refractivity contribution in [1.29, 1.82) is 0 Å². The van der Waals surface area contributed by atoms with Gasteiger partial charge in [-0.15, -0.1) is 0 Å². The molecule has 126 valence electrons. The average molecular weight is 332 g/mol. The molecule has 24 heavy (non-hydrogen) atoms. The van der Waals surface area contributed by atoms with Crippen LogP contribution in [0.3, 0.4) is 0 Å². The number of aromatic nitrogens is 3. The molecular formula is C17H18F2N4O. The van der Waals surface area contributed by atoms with Gasteiger partial charge in [0.25, 0.3) is 0 Å². The fourth-order valence-corrected chi connectivity index (χ4v) is 2.79. The molecule has 1 aromatic carbocycles. The zero-order valence-electron chi connectivity index (χ0n) is 13.5. The summed E-state index contributed by atoms with van der Waals surface area (Å²) in [6, 6.07) is 7.78. The minimum absolute atomic E-state index is 0.0393. The number of likely N-dealkylation sites (N-methyl/N-ethyl adjacent to an activating group) is 1. The molecule has 0 bridgehead atoms. The Morgan fingerprint density at radius 1 is 1.38 bits per heavy atom. The van der Waals surface area contributed by atoms with Crippen molar-refractivity contribution >= 4 is 16.8 Å². The van der Waals surface area contributed by atoms with E-state index in [2.05, 4.69) is 9.97 Å². The molecule has 7 heteroatoms. The third-order valence-electron chi connectivity index (χ3n) is 4.12. The van der Waals surface area contributed by atoms with E-state index in [1.54, 1.807) is 7.05 Å². The summed E-state index contributed by atoms with van der Waals surface area (Å²) in [5, 5.41) is 1.01. The Bertz CT molecular complexity index is 868. The van der Waals surface area contributed by atoms with E-state index in [0.29, 0.717) is 0 Å². The Labute approximate surface area is 137 Å². The Hall–Kier alpha value is -2.70. The summed E-state index contributed by atoms with van der Waals surface area (Å²) in [6.45, 7) is -0.703. The van der Waals surface area contributed by atoms with Crippen LogP contribution >= 0.6 is 0 Å². The second-order valence-electron chi connectivity index (χ2n) is 5.73. The van der Waals surface area contributed by atoms with Gasteiger partial charge in [-0.1, -0.05) is 18.2 Å². The first kappa shape index (κ1) is 16.2. The maximum Gasteiger partial charge on any atom is 0.319 e. The van der Waals surface area contributed by atoms with Crippen molar-refractivity contribution in [2.45, 2.75) is 26.4 Å². The van der Waals surface area contributed by atoms with E-state index in [0.717, 1.165) is 26.7 Å². The SMILES string of the molecule is Cc1[nH]c2ccccc2c1CC(=O)N(C)Cc1nccn1C(F)F. The summed E-state index contributed by atoms with van der Waals surface area (Å²) in [6.07, 6.45) is 2.73. The third kappa shape index (κ3) is 3.02. The highest BCUT2D eigenvalue weighted by Crippen LogP contribution is 2.23. The lowest BCUT2D eigenvalue weighted by Crippen LogP contribution is -2.29. The van der Waals surface area contributed by atoms with Crippen molar-refractivity contribution < 1.29 is 13.6 Å². The Kier molecular flexibility index (Phi) is 4.33. The number of fused-ring (bicyclic) bond motifs is 1. The van der Waals surface area contributed by atoms with E-state index >= 15 is 0 Å². The van der Waals surface area contributed by atoms with Crippen LogP contribution in [0, 0.1) is 6.92 Å². The number of halogens is 2. The average Bonchev–Trinajstić information content (AvgIpc) is 3.12. The van der Waals surface area contributed by atoms with Crippen LogP contribution < -0.4 is 0 Å². The Morgan fingerprint density at radius 3 is 2.88 bits per heavy atom. The molecule has 1 N–H and O–H groups in total. The van der Waals surface area contributed by atoms with Crippen LogP contribution in [0.15, 0.2) is 36.7 Å². The lowest BCUT2D eigenvalue weighted by atomic mass is 10.1. The van der Waals surface area contributed by atoms with E-state index < -0.39 is 6.55 Å². The molecule has 0 aliphatic rings. The van der Waals surface area contributed by atoms with E-state index in [9.17, 15) is 13.6 Å². The zero-order chi connectivity index (χ0) is 17.3. The Balaban J connectivity index is 1.76. The molecule has 0 aliphatic carbocycles. The number of carbonyl (C=O) groups is 1. The molecule has 3 aromatic rings. The summed E-state index contributed by atoms with van der Waals surface area (Å²) in [4.78, 5) is 21.1. The van der Waals surface area contributed by atoms with Crippen LogP contribution in [0.25, 0.3) is 10.9 Å². The quantitative estimate of drug-likeness (QED) is 0.780. The fourth-order valence-electron chi connectivity index (χ4n) is 2.79. The van der Waals surface area contributed by atoms with Crippen LogP contribution in [-0.2, 0) is 17.8 Å². The molecule has 5 nitrogen and oxygen atoms in total. The first-order valence-corrected chi connectivity index (χ1v) is 7.57. The summed E-state index contributed by atoms with van der Waals surface area (Å²) in [5.74, 6) is 0.0168. The zero-order valence-corrected chi connectivity index (χ0v) is 13.5. The molecule has 2 aromatic heterocycles. The fraction of sp³-hybridized carbons (Fsp3) is 0.294. The van der Waals surface area contributed by atoms with Crippen molar-refractivity contribution in [3.8, 4) is 0 Å². The minimum atomic E-state index is -2.66. The lowest BCUT2D eigenvalue weighted by molar-refractivity contribution is -0.129. The number of amides is 1. The molecule has 0 spiro atoms. The number of imidazole rings is 1. The van der Waals surface area contributed by atoms with E-state index in [4.69, 9.17) is 0 Å². The summed E-state index contributed by atoms with van der Waals surface area (Å²) in [7, 11) is 1.59. The highest BCUT2D eigenvalue weighted by atomic mass is 19.3. The van der Waals surface area contributed by atoms with E-state index in [1.807, 2.05) is 31.2 Å². The van der Waals surface area contributed by atoms with Crippen LogP contribution in [0.2, 0.25) is 0 Å². The standard InChI is InChI=1S/C17H18F2N4O/c1-11-13(12-5-3-4-6-14(12)21-11)9-16(24)22(2)10-15-20-7-8-23(15)17(18)19/h3-8,17,21H,9-10H2,1-2H3. The largest absolute Gasteiger partial charge is 0.358 e. The van der Waals surface area contributed by atoms with Crippen molar-refractivity contribution in [3.63, 3.8) is 0 Å². The number of alkyl halides is 2. The van der Waals surface area contributed by atoms with Gasteiger partial charge in [0.05, 0.1) is 13.0 Å². The van der Waals surface area contributed by atoms with Crippen LogP contribution in [0.1, 0.15) is 23.6 Å². The first-order valence-electron chi connectivity index (χ1n) is 7.57. The lowest BCUT2D eigenvalue weighted by Gasteiger charge is -2.17. The highest BCUT2D eigenvalue weighted by molar-refractivity contribution is 5.90. The number of nitrogens with zero attached hydrogens (tertiary/aromatic N) is 3. The van der Waals surface area contributed by atoms with Crippen LogP contribution in [0.4, 0.5) is 8.78 Å². The predicted octanol–water partition coefficient (Wildman–Crippen LogP) is 3.27. The number of rotatable bonds is 5. The molecule has 0 saturated carbocycles. The van der Waals surface area contributed by atoms with Gasteiger partial charge in [0, 0.05) is 36.0 Å². The normalized spacial score (nSPS) is 11.4. The van der Waals surface area contributed by atoms with Gasteiger partial charge in [0.1, 0.15) is 5.82 Å². The molecule has 0 saturated heterocycles. The molecule has 0 fully saturated rings. The van der Waals surface area contributed by atoms with Crippen LogP contribution in [0.5, 0.6) is 0 Å². The number of H-pyrrole nitrogens is 1. The second kappa shape index (κ2) is 6.43. The van der Waals surface area contributed by atoms with E-state index in [-0.39, 0.29) is 24.7 Å². The summed E-state index contributed by atoms with van der Waals surface area (Å²) < 4.78 is 26.5. The molecule has 0 atom stereocenters. The number of aromatic amines is 1. The smallest absolute Gasteiger partial charge is 0.319 e. The molecule has 0 unspecified atom stereocenters. The maximum atomic E-state index is 12.9. The number of hydrogen-bond donors (Lipinski definition) is 1. The van der Waals surface area contributed by atoms with Gasteiger partial charge in [-0.3, -0.25) is 9.36 Å². The number of hydrogen-bond acceptors (Lipinski definition) is 2. The van der Waals surface area contributed by atoms with Gasteiger partial charge < -0.3 is 9.88 Å². The predicted molar refractivity (Wildman–Crippen MR) is 86.7 cm³/mol. The first-order chi connectivity index (χ1) is 11.5. The second-order valence-corrected chi connectivity index (χ2v) is 5.73. The molecular weight excluding hydrogens is 314 g/mol. The van der Waals surface area contributed by atoms with Gasteiger partial charge >= 0.3 is 6.55 Å². The van der Waals surface area contributed by atoms with E-state index in [1.165, 1.54) is 17.3 Å².